The second-order valence-corrected chi connectivity index (χ2v) is 4.93. The number of rotatable bonds is 4. The zero-order valence-corrected chi connectivity index (χ0v) is 11.6. The summed E-state index contributed by atoms with van der Waals surface area (Å²) in [7, 11) is 0. The van der Waals surface area contributed by atoms with E-state index in [1.807, 2.05) is 31.2 Å². The highest BCUT2D eigenvalue weighted by Crippen LogP contribution is 2.17. The summed E-state index contributed by atoms with van der Waals surface area (Å²) in [5.41, 5.74) is 12.7. The molecule has 5 N–H and O–H groups in total. The molecule has 0 bridgehead atoms. The molecule has 2 rings (SSSR count). The lowest BCUT2D eigenvalue weighted by atomic mass is 10.2. The number of carbonyl (C=O) groups is 1. The quantitative estimate of drug-likeness (QED) is 0.720. The number of para-hydroxylation sites is 1. The van der Waals surface area contributed by atoms with E-state index < -0.39 is 0 Å². The summed E-state index contributed by atoms with van der Waals surface area (Å²) in [6.45, 7) is 1.93. The highest BCUT2D eigenvalue weighted by molar-refractivity contribution is 7.99. The molecule has 1 aromatic heterocycles. The molecule has 0 spiro atoms. The summed E-state index contributed by atoms with van der Waals surface area (Å²) in [4.78, 5) is 23.3. The average molecular weight is 290 g/mol. The standard InChI is InChI=1S/C12H14N6OS/c1-7-4-2-3-5-8(7)15-9(19)6-20-12-17-10(13)16-11(14)18-12/h2-5H,6H2,1H3,(H,15,19)(H4,13,14,16,17,18). The van der Waals surface area contributed by atoms with Gasteiger partial charge >= 0.3 is 0 Å². The van der Waals surface area contributed by atoms with Gasteiger partial charge in [-0.1, -0.05) is 30.0 Å². The Kier molecular flexibility index (Phi) is 4.36. The Labute approximate surface area is 120 Å². The Hall–Kier alpha value is -2.35. The molecule has 20 heavy (non-hydrogen) atoms. The van der Waals surface area contributed by atoms with Gasteiger partial charge in [0.15, 0.2) is 5.16 Å². The fourth-order valence-electron chi connectivity index (χ4n) is 1.48. The van der Waals surface area contributed by atoms with Crippen molar-refractivity contribution >= 4 is 35.3 Å². The fraction of sp³-hybridized carbons (Fsp3) is 0.167. The van der Waals surface area contributed by atoms with Crippen LogP contribution >= 0.6 is 11.8 Å². The van der Waals surface area contributed by atoms with Crippen molar-refractivity contribution in [2.45, 2.75) is 12.1 Å². The summed E-state index contributed by atoms with van der Waals surface area (Å²) in [6.07, 6.45) is 0. The van der Waals surface area contributed by atoms with Gasteiger partial charge in [-0.2, -0.15) is 15.0 Å². The minimum Gasteiger partial charge on any atom is -0.368 e. The Bertz CT molecular complexity index is 613. The van der Waals surface area contributed by atoms with Crippen LogP contribution in [0.25, 0.3) is 0 Å². The first-order valence-electron chi connectivity index (χ1n) is 5.80. The number of amides is 1. The number of nitrogens with one attached hydrogen (secondary N) is 1. The first-order chi connectivity index (χ1) is 9.54. The van der Waals surface area contributed by atoms with Gasteiger partial charge in [-0.15, -0.1) is 0 Å². The first kappa shape index (κ1) is 14.1. The summed E-state index contributed by atoms with van der Waals surface area (Å²) < 4.78 is 0. The Morgan fingerprint density at radius 2 is 1.85 bits per heavy atom. The van der Waals surface area contributed by atoms with Crippen molar-refractivity contribution in [3.8, 4) is 0 Å². The van der Waals surface area contributed by atoms with Crippen LogP contribution < -0.4 is 16.8 Å². The molecule has 0 aliphatic heterocycles. The van der Waals surface area contributed by atoms with E-state index in [9.17, 15) is 4.79 Å². The smallest absolute Gasteiger partial charge is 0.234 e. The molecule has 1 amide bonds. The molecule has 0 saturated heterocycles. The number of nitrogen functional groups attached to an aromatic ring is 2. The molecule has 0 fully saturated rings. The highest BCUT2D eigenvalue weighted by atomic mass is 32.2. The topological polar surface area (TPSA) is 120 Å². The number of nitrogens with two attached hydrogens (primary N) is 2. The van der Waals surface area contributed by atoms with E-state index in [2.05, 4.69) is 20.3 Å². The normalized spacial score (nSPS) is 10.2. The van der Waals surface area contributed by atoms with Crippen molar-refractivity contribution < 1.29 is 4.79 Å². The average Bonchev–Trinajstić information content (AvgIpc) is 2.38. The SMILES string of the molecule is Cc1ccccc1NC(=O)CSc1nc(N)nc(N)n1. The molecule has 0 aliphatic rings. The lowest BCUT2D eigenvalue weighted by molar-refractivity contribution is -0.113. The number of nitrogens with zero attached hydrogens (tertiary/aromatic N) is 3. The maximum absolute atomic E-state index is 11.8. The molecule has 0 atom stereocenters. The van der Waals surface area contributed by atoms with Crippen LogP contribution in [-0.4, -0.2) is 26.6 Å². The van der Waals surface area contributed by atoms with Crippen LogP contribution in [0.1, 0.15) is 5.56 Å². The van der Waals surface area contributed by atoms with E-state index in [1.165, 1.54) is 0 Å². The Morgan fingerprint density at radius 1 is 1.20 bits per heavy atom. The Morgan fingerprint density at radius 3 is 2.50 bits per heavy atom. The predicted molar refractivity (Wildman–Crippen MR) is 79.2 cm³/mol. The summed E-state index contributed by atoms with van der Waals surface area (Å²) in [6, 6.07) is 7.55. The third kappa shape index (κ3) is 3.82. The van der Waals surface area contributed by atoms with Gasteiger partial charge < -0.3 is 16.8 Å². The van der Waals surface area contributed by atoms with Gasteiger partial charge in [0, 0.05) is 5.69 Å². The number of anilines is 3. The molecular formula is C12H14N6OS. The van der Waals surface area contributed by atoms with Crippen LogP contribution in [0.5, 0.6) is 0 Å². The van der Waals surface area contributed by atoms with Crippen LogP contribution in [0, 0.1) is 6.92 Å². The minimum atomic E-state index is -0.151. The molecular weight excluding hydrogens is 276 g/mol. The van der Waals surface area contributed by atoms with Gasteiger partial charge in [-0.05, 0) is 18.6 Å². The molecule has 0 unspecified atom stereocenters. The number of thioether (sulfide) groups is 1. The zero-order chi connectivity index (χ0) is 14.5. The molecule has 2 aromatic rings. The van der Waals surface area contributed by atoms with Crippen molar-refractivity contribution in [1.82, 2.24) is 15.0 Å². The maximum Gasteiger partial charge on any atom is 0.234 e. The number of hydrogen-bond donors (Lipinski definition) is 3. The van der Waals surface area contributed by atoms with Gasteiger partial charge in [-0.3, -0.25) is 4.79 Å². The highest BCUT2D eigenvalue weighted by Gasteiger charge is 2.08. The van der Waals surface area contributed by atoms with Gasteiger partial charge in [0.25, 0.3) is 0 Å². The lowest BCUT2D eigenvalue weighted by Crippen LogP contribution is -2.15. The number of benzene rings is 1. The molecule has 0 aliphatic carbocycles. The third-order valence-electron chi connectivity index (χ3n) is 2.40. The summed E-state index contributed by atoms with van der Waals surface area (Å²) in [5, 5.41) is 3.14. The van der Waals surface area contributed by atoms with Gasteiger partial charge in [0.1, 0.15) is 0 Å². The van der Waals surface area contributed by atoms with Crippen LogP contribution in [0.2, 0.25) is 0 Å². The molecule has 0 radical (unpaired) electrons. The van der Waals surface area contributed by atoms with Gasteiger partial charge in [0.05, 0.1) is 5.75 Å². The van der Waals surface area contributed by atoms with E-state index in [-0.39, 0.29) is 23.6 Å². The van der Waals surface area contributed by atoms with E-state index in [1.54, 1.807) is 0 Å². The van der Waals surface area contributed by atoms with Gasteiger partial charge in [0.2, 0.25) is 17.8 Å². The van der Waals surface area contributed by atoms with Gasteiger partial charge in [-0.25, -0.2) is 0 Å². The third-order valence-corrected chi connectivity index (χ3v) is 3.25. The molecule has 104 valence electrons. The molecule has 1 heterocycles. The minimum absolute atomic E-state index is 0.0410. The number of aromatic nitrogens is 3. The summed E-state index contributed by atoms with van der Waals surface area (Å²) in [5.74, 6) is 0.0949. The van der Waals surface area contributed by atoms with Crippen molar-refractivity contribution in [2.24, 2.45) is 0 Å². The lowest BCUT2D eigenvalue weighted by Gasteiger charge is -2.07. The van der Waals surface area contributed by atoms with Crippen LogP contribution in [0.4, 0.5) is 17.6 Å². The van der Waals surface area contributed by atoms with Crippen LogP contribution in [-0.2, 0) is 4.79 Å². The van der Waals surface area contributed by atoms with Crippen molar-refractivity contribution in [3.05, 3.63) is 29.8 Å². The monoisotopic (exact) mass is 290 g/mol. The van der Waals surface area contributed by atoms with E-state index in [4.69, 9.17) is 11.5 Å². The second-order valence-electron chi connectivity index (χ2n) is 3.99. The maximum atomic E-state index is 11.8. The second kappa shape index (κ2) is 6.20. The molecule has 7 nitrogen and oxygen atoms in total. The van der Waals surface area contributed by atoms with Crippen molar-refractivity contribution in [1.29, 1.82) is 0 Å². The van der Waals surface area contributed by atoms with Crippen molar-refractivity contribution in [2.75, 3.05) is 22.5 Å². The van der Waals surface area contributed by atoms with Crippen molar-refractivity contribution in [3.63, 3.8) is 0 Å². The molecule has 8 heteroatoms. The van der Waals surface area contributed by atoms with Crippen LogP contribution in [0.3, 0.4) is 0 Å². The zero-order valence-electron chi connectivity index (χ0n) is 10.8. The van der Waals surface area contributed by atoms with Crippen LogP contribution in [0.15, 0.2) is 29.4 Å². The molecule has 0 saturated carbocycles. The first-order valence-corrected chi connectivity index (χ1v) is 6.78. The van der Waals surface area contributed by atoms with E-state index >= 15 is 0 Å². The predicted octanol–water partition coefficient (Wildman–Crippen LogP) is 1.08. The number of carbonyl (C=O) groups excluding carboxylic acids is 1. The number of aryl methyl sites for hydroxylation is 1. The molecule has 1 aromatic carbocycles. The Balaban J connectivity index is 1.94. The largest absolute Gasteiger partial charge is 0.368 e. The summed E-state index contributed by atoms with van der Waals surface area (Å²) >= 11 is 1.15. The number of hydrogen-bond acceptors (Lipinski definition) is 7. The van der Waals surface area contributed by atoms with E-state index in [0.29, 0.717) is 5.16 Å². The fourth-order valence-corrected chi connectivity index (χ4v) is 2.13. The van der Waals surface area contributed by atoms with E-state index in [0.717, 1.165) is 23.0 Å².